The van der Waals surface area contributed by atoms with Crippen molar-refractivity contribution in [2.45, 2.75) is 57.4 Å². The number of methoxy groups -OCH3 is 1. The maximum absolute atomic E-state index is 11.6. The van der Waals surface area contributed by atoms with Crippen molar-refractivity contribution in [3.8, 4) is 0 Å². The van der Waals surface area contributed by atoms with Crippen LogP contribution in [0.3, 0.4) is 0 Å². The Bertz CT molecular complexity index is 249. The second kappa shape index (κ2) is 8.77. The highest BCUT2D eigenvalue weighted by Crippen LogP contribution is 2.23. The van der Waals surface area contributed by atoms with E-state index < -0.39 is 5.54 Å². The van der Waals surface area contributed by atoms with Gasteiger partial charge in [0.1, 0.15) is 0 Å². The monoisotopic (exact) mass is 276 g/mol. The molecule has 3 N–H and O–H groups in total. The lowest BCUT2D eigenvalue weighted by atomic mass is 9.94. The van der Waals surface area contributed by atoms with Crippen LogP contribution in [0.15, 0.2) is 0 Å². The molecule has 5 heteroatoms. The van der Waals surface area contributed by atoms with Gasteiger partial charge in [-0.25, -0.2) is 0 Å². The predicted octanol–water partition coefficient (Wildman–Crippen LogP) is 1.78. The van der Waals surface area contributed by atoms with Crippen LogP contribution in [0.25, 0.3) is 0 Å². The molecule has 2 atom stereocenters. The fourth-order valence-electron chi connectivity index (χ4n) is 1.99. The van der Waals surface area contributed by atoms with Gasteiger partial charge in [-0.05, 0) is 39.4 Å². The minimum absolute atomic E-state index is 0.244. The molecule has 108 valence electrons. The van der Waals surface area contributed by atoms with Gasteiger partial charge in [0.15, 0.2) is 0 Å². The van der Waals surface area contributed by atoms with Crippen LogP contribution in [0.4, 0.5) is 0 Å². The number of carbonyl (C=O) groups excluding carboxylic acids is 1. The zero-order valence-electron chi connectivity index (χ0n) is 12.3. The summed E-state index contributed by atoms with van der Waals surface area (Å²) in [5.74, 6) is 0.770. The molecule has 0 fully saturated rings. The number of primary amides is 1. The molecule has 4 nitrogen and oxygen atoms in total. The highest BCUT2D eigenvalue weighted by atomic mass is 32.2. The maximum Gasteiger partial charge on any atom is 0.237 e. The molecule has 0 saturated carbocycles. The van der Waals surface area contributed by atoms with Crippen molar-refractivity contribution in [3.05, 3.63) is 0 Å². The lowest BCUT2D eigenvalue weighted by Crippen LogP contribution is -2.56. The molecule has 18 heavy (non-hydrogen) atoms. The van der Waals surface area contributed by atoms with Crippen LogP contribution >= 0.6 is 11.8 Å². The maximum atomic E-state index is 11.6. The Kier molecular flexibility index (Phi) is 8.65. The standard InChI is InChI=1S/C13H28N2O2S/c1-10(2)15-13(4,12(14)16)9-11(3)18-8-6-7-17-5/h10-11,15H,6-9H2,1-5H3,(H2,14,16). The smallest absolute Gasteiger partial charge is 0.237 e. The molecule has 0 aliphatic rings. The average Bonchev–Trinajstić information content (AvgIpc) is 2.23. The molecule has 1 amide bonds. The molecular weight excluding hydrogens is 248 g/mol. The van der Waals surface area contributed by atoms with Gasteiger partial charge in [-0.15, -0.1) is 0 Å². The molecule has 0 saturated heterocycles. The topological polar surface area (TPSA) is 64.3 Å². The van der Waals surface area contributed by atoms with Crippen LogP contribution in [0.1, 0.15) is 40.5 Å². The highest BCUT2D eigenvalue weighted by Gasteiger charge is 2.33. The molecule has 0 radical (unpaired) electrons. The summed E-state index contributed by atoms with van der Waals surface area (Å²) >= 11 is 1.86. The van der Waals surface area contributed by atoms with E-state index in [4.69, 9.17) is 10.5 Å². The summed E-state index contributed by atoms with van der Waals surface area (Å²) in [6.45, 7) is 8.87. The van der Waals surface area contributed by atoms with Crippen molar-refractivity contribution < 1.29 is 9.53 Å². The molecular formula is C13H28N2O2S. The fraction of sp³-hybridized carbons (Fsp3) is 0.923. The van der Waals surface area contributed by atoms with Gasteiger partial charge in [-0.3, -0.25) is 4.79 Å². The number of hydrogen-bond acceptors (Lipinski definition) is 4. The molecule has 0 rings (SSSR count). The molecule has 0 aliphatic heterocycles. The first-order valence-electron chi connectivity index (χ1n) is 6.50. The second-order valence-corrected chi connectivity index (χ2v) is 6.77. The van der Waals surface area contributed by atoms with Crippen LogP contribution < -0.4 is 11.1 Å². The van der Waals surface area contributed by atoms with Gasteiger partial charge >= 0.3 is 0 Å². The number of amides is 1. The average molecular weight is 276 g/mol. The molecule has 0 aromatic heterocycles. The number of ether oxygens (including phenoxy) is 1. The molecule has 0 spiro atoms. The molecule has 0 aromatic rings. The van der Waals surface area contributed by atoms with Gasteiger partial charge in [0, 0.05) is 25.0 Å². The number of carbonyl (C=O) groups is 1. The van der Waals surface area contributed by atoms with Crippen LogP contribution in [-0.4, -0.2) is 42.2 Å². The molecule has 0 bridgehead atoms. The highest BCUT2D eigenvalue weighted by molar-refractivity contribution is 7.99. The van der Waals surface area contributed by atoms with Crippen molar-refractivity contribution in [1.29, 1.82) is 0 Å². The van der Waals surface area contributed by atoms with Crippen molar-refractivity contribution in [3.63, 3.8) is 0 Å². The van der Waals surface area contributed by atoms with Gasteiger partial charge in [-0.1, -0.05) is 6.92 Å². The van der Waals surface area contributed by atoms with Crippen molar-refractivity contribution in [2.75, 3.05) is 19.5 Å². The van der Waals surface area contributed by atoms with E-state index in [1.165, 1.54) is 0 Å². The summed E-state index contributed by atoms with van der Waals surface area (Å²) in [6, 6.07) is 0.244. The van der Waals surface area contributed by atoms with E-state index in [1.807, 2.05) is 32.5 Å². The van der Waals surface area contributed by atoms with Crippen LogP contribution in [0.5, 0.6) is 0 Å². The van der Waals surface area contributed by atoms with E-state index in [-0.39, 0.29) is 11.9 Å². The SMILES string of the molecule is COCCCSC(C)CC(C)(NC(C)C)C(N)=O. The first-order chi connectivity index (χ1) is 8.31. The Balaban J connectivity index is 4.19. The Hall–Kier alpha value is -0.260. The molecule has 2 unspecified atom stereocenters. The van der Waals surface area contributed by atoms with Gasteiger partial charge < -0.3 is 15.8 Å². The summed E-state index contributed by atoms with van der Waals surface area (Å²) in [6.07, 6.45) is 1.79. The first kappa shape index (κ1) is 17.7. The van der Waals surface area contributed by atoms with Gasteiger partial charge in [0.2, 0.25) is 5.91 Å². The van der Waals surface area contributed by atoms with Gasteiger partial charge in [0.25, 0.3) is 0 Å². The van der Waals surface area contributed by atoms with E-state index in [2.05, 4.69) is 12.2 Å². The van der Waals surface area contributed by atoms with Crippen molar-refractivity contribution in [2.24, 2.45) is 5.73 Å². The van der Waals surface area contributed by atoms with Crippen LogP contribution in [-0.2, 0) is 9.53 Å². The molecule has 0 aliphatic carbocycles. The summed E-state index contributed by atoms with van der Waals surface area (Å²) in [5.41, 5.74) is 4.89. The number of hydrogen-bond donors (Lipinski definition) is 2. The van der Waals surface area contributed by atoms with Gasteiger partial charge in [-0.2, -0.15) is 11.8 Å². The predicted molar refractivity (Wildman–Crippen MR) is 78.9 cm³/mol. The third-order valence-electron chi connectivity index (χ3n) is 2.74. The quantitative estimate of drug-likeness (QED) is 0.597. The Labute approximate surface area is 115 Å². The Morgan fingerprint density at radius 1 is 1.44 bits per heavy atom. The molecule has 0 heterocycles. The zero-order chi connectivity index (χ0) is 14.2. The summed E-state index contributed by atoms with van der Waals surface area (Å²) < 4.78 is 5.02. The van der Waals surface area contributed by atoms with Gasteiger partial charge in [0.05, 0.1) is 5.54 Å². The summed E-state index contributed by atoms with van der Waals surface area (Å²) in [7, 11) is 1.71. The van der Waals surface area contributed by atoms with E-state index in [0.29, 0.717) is 5.25 Å². The largest absolute Gasteiger partial charge is 0.385 e. The lowest BCUT2D eigenvalue weighted by Gasteiger charge is -2.32. The number of thioether (sulfide) groups is 1. The Morgan fingerprint density at radius 2 is 2.06 bits per heavy atom. The zero-order valence-corrected chi connectivity index (χ0v) is 13.1. The summed E-state index contributed by atoms with van der Waals surface area (Å²) in [5, 5.41) is 3.67. The van der Waals surface area contributed by atoms with Crippen molar-refractivity contribution >= 4 is 17.7 Å². The summed E-state index contributed by atoms with van der Waals surface area (Å²) in [4.78, 5) is 11.6. The Morgan fingerprint density at radius 3 is 2.50 bits per heavy atom. The van der Waals surface area contributed by atoms with Crippen molar-refractivity contribution in [1.82, 2.24) is 5.32 Å². The minimum Gasteiger partial charge on any atom is -0.385 e. The van der Waals surface area contributed by atoms with Crippen LogP contribution in [0, 0.1) is 0 Å². The third-order valence-corrected chi connectivity index (χ3v) is 4.00. The third kappa shape index (κ3) is 7.24. The normalized spacial score (nSPS) is 16.6. The minimum atomic E-state index is -0.623. The van der Waals surface area contributed by atoms with E-state index in [0.717, 1.165) is 25.2 Å². The number of nitrogens with one attached hydrogen (secondary N) is 1. The van der Waals surface area contributed by atoms with E-state index in [9.17, 15) is 4.79 Å². The molecule has 0 aromatic carbocycles. The van der Waals surface area contributed by atoms with E-state index >= 15 is 0 Å². The number of rotatable bonds is 10. The first-order valence-corrected chi connectivity index (χ1v) is 7.55. The van der Waals surface area contributed by atoms with Crippen LogP contribution in [0.2, 0.25) is 0 Å². The van der Waals surface area contributed by atoms with E-state index in [1.54, 1.807) is 7.11 Å². The number of nitrogens with two attached hydrogens (primary N) is 1. The lowest BCUT2D eigenvalue weighted by molar-refractivity contribution is -0.124. The fourth-order valence-corrected chi connectivity index (χ4v) is 3.13. The second-order valence-electron chi connectivity index (χ2n) is 5.23.